The van der Waals surface area contributed by atoms with Gasteiger partial charge in [-0.25, -0.2) is 0 Å². The van der Waals surface area contributed by atoms with Crippen LogP contribution in [0.15, 0.2) is 47.0 Å². The first-order valence-electron chi connectivity index (χ1n) is 8.06. The first-order chi connectivity index (χ1) is 12.1. The van der Waals surface area contributed by atoms with Crippen molar-refractivity contribution in [1.82, 2.24) is 10.3 Å². The van der Waals surface area contributed by atoms with Crippen molar-refractivity contribution in [2.75, 3.05) is 6.61 Å². The molecule has 6 heteroatoms. The molecule has 1 amide bonds. The smallest absolute Gasteiger partial charge is 0.255 e. The van der Waals surface area contributed by atoms with E-state index in [1.165, 1.54) is 0 Å². The minimum atomic E-state index is -0.333. The van der Waals surface area contributed by atoms with Crippen LogP contribution in [0.3, 0.4) is 0 Å². The minimum absolute atomic E-state index is 0.126. The molecule has 3 aromatic rings. The molecular weight excluding hydrogens is 320 g/mol. The number of aromatic nitrogens is 1. The number of pyridine rings is 1. The van der Waals surface area contributed by atoms with Crippen molar-refractivity contribution in [2.45, 2.75) is 26.5 Å². The third-order valence-corrected chi connectivity index (χ3v) is 3.83. The van der Waals surface area contributed by atoms with Crippen molar-refractivity contribution in [3.8, 4) is 5.75 Å². The molecule has 2 aromatic heterocycles. The lowest BCUT2D eigenvalue weighted by Gasteiger charge is -2.10. The van der Waals surface area contributed by atoms with Gasteiger partial charge in [0.25, 0.3) is 5.91 Å². The highest BCUT2D eigenvalue weighted by Gasteiger charge is 2.20. The number of hydrogen-bond acceptors (Lipinski definition) is 5. The third-order valence-electron chi connectivity index (χ3n) is 3.83. The number of amides is 1. The molecule has 2 N–H and O–H groups in total. The van der Waals surface area contributed by atoms with E-state index in [4.69, 9.17) is 14.3 Å². The molecule has 3 rings (SSSR count). The third kappa shape index (κ3) is 3.80. The zero-order chi connectivity index (χ0) is 17.8. The average Bonchev–Trinajstić information content (AvgIpc) is 2.95. The molecule has 25 heavy (non-hydrogen) atoms. The van der Waals surface area contributed by atoms with Gasteiger partial charge in [0, 0.05) is 17.6 Å². The van der Waals surface area contributed by atoms with Gasteiger partial charge in [0.2, 0.25) is 0 Å². The van der Waals surface area contributed by atoms with Crippen LogP contribution in [0, 0.1) is 6.92 Å². The summed E-state index contributed by atoms with van der Waals surface area (Å²) in [4.78, 5) is 16.7. The molecule has 0 fully saturated rings. The van der Waals surface area contributed by atoms with Gasteiger partial charge in [-0.15, -0.1) is 0 Å². The molecule has 2 heterocycles. The number of aryl methyl sites for hydroxylation is 1. The van der Waals surface area contributed by atoms with Crippen LogP contribution in [0.2, 0.25) is 0 Å². The Kier molecular flexibility index (Phi) is 5.00. The lowest BCUT2D eigenvalue weighted by molar-refractivity contribution is 0.0922. The van der Waals surface area contributed by atoms with Crippen LogP contribution in [0.25, 0.3) is 11.0 Å². The molecule has 0 bridgehead atoms. The summed E-state index contributed by atoms with van der Waals surface area (Å²) in [6.45, 7) is 3.69. The van der Waals surface area contributed by atoms with E-state index in [-0.39, 0.29) is 18.6 Å². The van der Waals surface area contributed by atoms with Crippen molar-refractivity contribution in [2.24, 2.45) is 0 Å². The van der Waals surface area contributed by atoms with Crippen LogP contribution >= 0.6 is 0 Å². The second kappa shape index (κ2) is 7.36. The van der Waals surface area contributed by atoms with Gasteiger partial charge in [-0.3, -0.25) is 9.78 Å². The topological polar surface area (TPSA) is 84.6 Å². The molecule has 6 nitrogen and oxygen atoms in total. The maximum atomic E-state index is 12.5. The molecule has 0 saturated carbocycles. The van der Waals surface area contributed by atoms with Gasteiger partial charge in [-0.05, 0) is 44.2 Å². The van der Waals surface area contributed by atoms with Crippen molar-refractivity contribution < 1.29 is 19.1 Å². The van der Waals surface area contributed by atoms with Gasteiger partial charge in [-0.1, -0.05) is 6.07 Å². The average molecular weight is 340 g/mol. The molecule has 130 valence electrons. The van der Waals surface area contributed by atoms with Gasteiger partial charge in [-0.2, -0.15) is 0 Å². The molecule has 1 atom stereocenters. The Morgan fingerprint density at radius 2 is 2.20 bits per heavy atom. The maximum Gasteiger partial charge on any atom is 0.255 e. The molecule has 0 aliphatic carbocycles. The number of nitrogens with one attached hydrogen (secondary N) is 1. The van der Waals surface area contributed by atoms with E-state index in [0.29, 0.717) is 34.6 Å². The lowest BCUT2D eigenvalue weighted by Crippen LogP contribution is -2.35. The lowest BCUT2D eigenvalue weighted by atomic mass is 10.1. The molecule has 0 unspecified atom stereocenters. The summed E-state index contributed by atoms with van der Waals surface area (Å²) in [6, 6.07) is 10.7. The van der Waals surface area contributed by atoms with Crippen molar-refractivity contribution in [3.05, 3.63) is 59.6 Å². The van der Waals surface area contributed by atoms with Gasteiger partial charge < -0.3 is 19.6 Å². The second-order valence-corrected chi connectivity index (χ2v) is 5.86. The number of rotatable bonds is 6. The summed E-state index contributed by atoms with van der Waals surface area (Å²) in [5.74, 6) is 0.877. The number of ether oxygens (including phenoxy) is 1. The van der Waals surface area contributed by atoms with Gasteiger partial charge in [0.1, 0.15) is 23.7 Å². The number of fused-ring (bicyclic) bond motifs is 1. The summed E-state index contributed by atoms with van der Waals surface area (Å²) < 4.78 is 11.4. The maximum absolute atomic E-state index is 12.5. The number of nitrogens with zero attached hydrogens (tertiary/aromatic N) is 1. The van der Waals surface area contributed by atoms with Crippen LogP contribution < -0.4 is 10.1 Å². The monoisotopic (exact) mass is 340 g/mol. The van der Waals surface area contributed by atoms with Crippen molar-refractivity contribution in [3.63, 3.8) is 0 Å². The molecular formula is C19H20N2O4. The Morgan fingerprint density at radius 3 is 2.92 bits per heavy atom. The Morgan fingerprint density at radius 1 is 1.36 bits per heavy atom. The van der Waals surface area contributed by atoms with E-state index in [0.717, 1.165) is 5.69 Å². The Balaban J connectivity index is 1.85. The zero-order valence-corrected chi connectivity index (χ0v) is 14.2. The Hall–Kier alpha value is -2.86. The van der Waals surface area contributed by atoms with E-state index >= 15 is 0 Å². The Bertz CT molecular complexity index is 874. The number of aliphatic hydroxyl groups excluding tert-OH is 1. The highest BCUT2D eigenvalue weighted by Crippen LogP contribution is 2.29. The number of hydrogen-bond donors (Lipinski definition) is 2. The van der Waals surface area contributed by atoms with Crippen molar-refractivity contribution >= 4 is 16.9 Å². The highest BCUT2D eigenvalue weighted by molar-refractivity contribution is 6.07. The largest absolute Gasteiger partial charge is 0.487 e. The number of furan rings is 1. The standard InChI is InChI=1S/C19H20N2O4/c1-12(10-22)21-19(23)18-13(2)25-17-7-6-15(9-16(17)18)24-11-14-5-3-4-8-20-14/h3-9,12,22H,10-11H2,1-2H3,(H,21,23)/t12-/m0/s1. The number of carbonyl (C=O) groups is 1. The molecule has 1 aromatic carbocycles. The predicted octanol–water partition coefficient (Wildman–Crippen LogP) is 2.83. The number of aliphatic hydroxyl groups is 1. The van der Waals surface area contributed by atoms with E-state index in [1.807, 2.05) is 18.2 Å². The quantitative estimate of drug-likeness (QED) is 0.721. The molecule has 0 aliphatic heterocycles. The van der Waals surface area contributed by atoms with Crippen LogP contribution in [-0.4, -0.2) is 28.6 Å². The predicted molar refractivity (Wildman–Crippen MR) is 93.5 cm³/mol. The first kappa shape index (κ1) is 17.0. The van der Waals surface area contributed by atoms with Gasteiger partial charge >= 0.3 is 0 Å². The number of benzene rings is 1. The van der Waals surface area contributed by atoms with Gasteiger partial charge in [0.05, 0.1) is 17.9 Å². The summed E-state index contributed by atoms with van der Waals surface area (Å²) >= 11 is 0. The van der Waals surface area contributed by atoms with Crippen LogP contribution in [-0.2, 0) is 6.61 Å². The zero-order valence-electron chi connectivity index (χ0n) is 14.2. The highest BCUT2D eigenvalue weighted by atomic mass is 16.5. The second-order valence-electron chi connectivity index (χ2n) is 5.86. The summed E-state index contributed by atoms with van der Waals surface area (Å²) in [6.07, 6.45) is 1.71. The number of carbonyl (C=O) groups excluding carboxylic acids is 1. The van der Waals surface area contributed by atoms with Crippen LogP contribution in [0.4, 0.5) is 0 Å². The van der Waals surface area contributed by atoms with Crippen LogP contribution in [0.5, 0.6) is 5.75 Å². The summed E-state index contributed by atoms with van der Waals surface area (Å²) in [5.41, 5.74) is 1.89. The molecule has 0 radical (unpaired) electrons. The van der Waals surface area contributed by atoms with Gasteiger partial charge in [0.15, 0.2) is 0 Å². The first-order valence-corrected chi connectivity index (χ1v) is 8.06. The van der Waals surface area contributed by atoms with E-state index in [2.05, 4.69) is 10.3 Å². The normalized spacial score (nSPS) is 12.1. The Labute approximate surface area is 145 Å². The van der Waals surface area contributed by atoms with E-state index < -0.39 is 0 Å². The fourth-order valence-electron chi connectivity index (χ4n) is 2.55. The van der Waals surface area contributed by atoms with E-state index in [1.54, 1.807) is 38.2 Å². The SMILES string of the molecule is Cc1oc2ccc(OCc3ccccn3)cc2c1C(=O)N[C@@H](C)CO. The fourth-order valence-corrected chi connectivity index (χ4v) is 2.55. The summed E-state index contributed by atoms with van der Waals surface area (Å²) in [7, 11) is 0. The molecule has 0 spiro atoms. The summed E-state index contributed by atoms with van der Waals surface area (Å²) in [5, 5.41) is 12.5. The fraction of sp³-hybridized carbons (Fsp3) is 0.263. The molecule has 0 saturated heterocycles. The van der Waals surface area contributed by atoms with E-state index in [9.17, 15) is 4.79 Å². The molecule has 0 aliphatic rings. The van der Waals surface area contributed by atoms with Crippen LogP contribution in [0.1, 0.15) is 28.7 Å². The van der Waals surface area contributed by atoms with Crippen molar-refractivity contribution in [1.29, 1.82) is 0 Å². The minimum Gasteiger partial charge on any atom is -0.487 e.